The average Bonchev–Trinajstić information content (AvgIpc) is 2.45. The van der Waals surface area contributed by atoms with Crippen molar-refractivity contribution in [3.05, 3.63) is 0 Å². The van der Waals surface area contributed by atoms with Gasteiger partial charge < -0.3 is 15.5 Å². The van der Waals surface area contributed by atoms with E-state index in [2.05, 4.69) is 29.4 Å². The van der Waals surface area contributed by atoms with Gasteiger partial charge in [0.05, 0.1) is 12.1 Å². The quantitative estimate of drug-likeness (QED) is 0.577. The molecule has 5 heteroatoms. The van der Waals surface area contributed by atoms with Crippen LogP contribution in [0.2, 0.25) is 0 Å². The van der Waals surface area contributed by atoms with Crippen molar-refractivity contribution in [2.75, 3.05) is 26.7 Å². The molecular weight excluding hydrogens is 278 g/mol. The van der Waals surface area contributed by atoms with Crippen molar-refractivity contribution in [1.29, 1.82) is 0 Å². The Hall–Kier alpha value is -0.940. The van der Waals surface area contributed by atoms with Crippen molar-refractivity contribution < 1.29 is 9.59 Å². The Morgan fingerprint density at radius 3 is 2.18 bits per heavy atom. The fourth-order valence-electron chi connectivity index (χ4n) is 2.67. The van der Waals surface area contributed by atoms with Crippen LogP contribution >= 0.6 is 0 Å². The summed E-state index contributed by atoms with van der Waals surface area (Å²) >= 11 is 0. The van der Waals surface area contributed by atoms with Crippen molar-refractivity contribution in [1.82, 2.24) is 15.5 Å². The summed E-state index contributed by atoms with van der Waals surface area (Å²) in [4.78, 5) is 26.4. The van der Waals surface area contributed by atoms with E-state index in [0.29, 0.717) is 6.42 Å². The molecule has 0 saturated heterocycles. The van der Waals surface area contributed by atoms with E-state index < -0.39 is 0 Å². The van der Waals surface area contributed by atoms with Crippen LogP contribution in [0.1, 0.15) is 53.9 Å². The number of ketones is 1. The minimum Gasteiger partial charge on any atom is -0.345 e. The summed E-state index contributed by atoms with van der Waals surface area (Å²) < 4.78 is 0. The summed E-state index contributed by atoms with van der Waals surface area (Å²) in [6.45, 7) is 13.0. The SMILES string of the molecule is CCCN(CC)CCC[C@H](NC(=O)[C@@H](NC)C(C)C)C(C)=O. The van der Waals surface area contributed by atoms with Gasteiger partial charge in [-0.15, -0.1) is 0 Å². The normalized spacial score (nSPS) is 14.2. The van der Waals surface area contributed by atoms with E-state index in [9.17, 15) is 9.59 Å². The molecule has 0 heterocycles. The summed E-state index contributed by atoms with van der Waals surface area (Å²) in [7, 11) is 1.77. The van der Waals surface area contributed by atoms with Crippen molar-refractivity contribution in [2.45, 2.75) is 66.0 Å². The van der Waals surface area contributed by atoms with Crippen molar-refractivity contribution in [3.8, 4) is 0 Å². The van der Waals surface area contributed by atoms with Gasteiger partial charge in [-0.3, -0.25) is 9.59 Å². The molecule has 0 rings (SSSR count). The molecule has 0 aromatic rings. The van der Waals surface area contributed by atoms with Gasteiger partial charge in [-0.2, -0.15) is 0 Å². The molecule has 0 aliphatic carbocycles. The molecule has 2 atom stereocenters. The van der Waals surface area contributed by atoms with Gasteiger partial charge in [-0.1, -0.05) is 27.7 Å². The van der Waals surface area contributed by atoms with Crippen LogP contribution in [0.15, 0.2) is 0 Å². The van der Waals surface area contributed by atoms with Crippen LogP contribution < -0.4 is 10.6 Å². The highest BCUT2D eigenvalue weighted by molar-refractivity contribution is 5.89. The first kappa shape index (κ1) is 21.1. The molecule has 5 nitrogen and oxygen atoms in total. The fourth-order valence-corrected chi connectivity index (χ4v) is 2.67. The molecule has 0 aliphatic rings. The Kier molecular flexibility index (Phi) is 11.1. The Balaban J connectivity index is 4.43. The zero-order valence-corrected chi connectivity index (χ0v) is 15.2. The van der Waals surface area contributed by atoms with E-state index in [1.54, 1.807) is 14.0 Å². The maximum Gasteiger partial charge on any atom is 0.237 e. The Labute approximate surface area is 136 Å². The van der Waals surface area contributed by atoms with Gasteiger partial charge in [0.15, 0.2) is 5.78 Å². The molecule has 0 radical (unpaired) electrons. The molecule has 0 aromatic heterocycles. The smallest absolute Gasteiger partial charge is 0.237 e. The first-order valence-electron chi connectivity index (χ1n) is 8.57. The number of hydrogen-bond donors (Lipinski definition) is 2. The lowest BCUT2D eigenvalue weighted by Gasteiger charge is -2.24. The third-order valence-corrected chi connectivity index (χ3v) is 4.02. The number of carbonyl (C=O) groups excluding carboxylic acids is 2. The lowest BCUT2D eigenvalue weighted by molar-refractivity contribution is -0.129. The largest absolute Gasteiger partial charge is 0.345 e. The fraction of sp³-hybridized carbons (Fsp3) is 0.882. The van der Waals surface area contributed by atoms with E-state index in [1.807, 2.05) is 13.8 Å². The van der Waals surface area contributed by atoms with E-state index in [1.165, 1.54) is 0 Å². The Bertz CT molecular complexity index is 332. The first-order chi connectivity index (χ1) is 10.4. The molecule has 130 valence electrons. The predicted molar refractivity (Wildman–Crippen MR) is 91.9 cm³/mol. The maximum atomic E-state index is 12.3. The lowest BCUT2D eigenvalue weighted by Crippen LogP contribution is -2.51. The number of Topliss-reactive ketones (excluding diaryl/α,β-unsaturated/α-hetero) is 1. The summed E-state index contributed by atoms with van der Waals surface area (Å²) in [6, 6.07) is -0.628. The van der Waals surface area contributed by atoms with Gasteiger partial charge in [0, 0.05) is 0 Å². The highest BCUT2D eigenvalue weighted by Crippen LogP contribution is 2.06. The van der Waals surface area contributed by atoms with E-state index >= 15 is 0 Å². The predicted octanol–water partition coefficient (Wildman–Crippen LogP) is 1.82. The zero-order chi connectivity index (χ0) is 17.1. The van der Waals surface area contributed by atoms with Gasteiger partial charge in [0.2, 0.25) is 5.91 Å². The van der Waals surface area contributed by atoms with Crippen LogP contribution in [-0.2, 0) is 9.59 Å². The molecule has 0 unspecified atom stereocenters. The number of nitrogens with one attached hydrogen (secondary N) is 2. The first-order valence-corrected chi connectivity index (χ1v) is 8.57. The standard InChI is InChI=1S/C17H35N3O2/c1-7-11-20(8-2)12-9-10-15(14(5)21)19-17(22)16(18-6)13(3)4/h13,15-16,18H,7-12H2,1-6H3,(H,19,22)/t15-,16-/m0/s1. The van der Waals surface area contributed by atoms with Crippen molar-refractivity contribution in [3.63, 3.8) is 0 Å². The van der Waals surface area contributed by atoms with Gasteiger partial charge >= 0.3 is 0 Å². The molecule has 0 bridgehead atoms. The third-order valence-electron chi connectivity index (χ3n) is 4.02. The molecule has 22 heavy (non-hydrogen) atoms. The molecule has 0 spiro atoms. The van der Waals surface area contributed by atoms with Gasteiger partial charge in [0.1, 0.15) is 0 Å². The minimum atomic E-state index is -0.373. The molecule has 0 saturated carbocycles. The molecular formula is C17H35N3O2. The molecule has 0 aliphatic heterocycles. The number of amides is 1. The Morgan fingerprint density at radius 2 is 1.77 bits per heavy atom. The van der Waals surface area contributed by atoms with Gasteiger partial charge in [-0.05, 0) is 58.8 Å². The van der Waals surface area contributed by atoms with E-state index in [0.717, 1.165) is 32.5 Å². The van der Waals surface area contributed by atoms with Crippen LogP contribution in [0, 0.1) is 5.92 Å². The second-order valence-corrected chi connectivity index (χ2v) is 6.26. The number of likely N-dealkylation sites (N-methyl/N-ethyl adjacent to an activating group) is 1. The van der Waals surface area contributed by atoms with E-state index in [4.69, 9.17) is 0 Å². The summed E-state index contributed by atoms with van der Waals surface area (Å²) in [5, 5.41) is 5.92. The number of nitrogens with zero attached hydrogens (tertiary/aromatic N) is 1. The molecule has 0 aromatic carbocycles. The molecule has 0 fully saturated rings. The van der Waals surface area contributed by atoms with Crippen molar-refractivity contribution in [2.24, 2.45) is 5.92 Å². The van der Waals surface area contributed by atoms with Crippen LogP contribution in [0.4, 0.5) is 0 Å². The number of rotatable bonds is 12. The number of hydrogen-bond acceptors (Lipinski definition) is 4. The van der Waals surface area contributed by atoms with Crippen LogP contribution in [0.3, 0.4) is 0 Å². The van der Waals surface area contributed by atoms with E-state index in [-0.39, 0.29) is 29.7 Å². The zero-order valence-electron chi connectivity index (χ0n) is 15.2. The van der Waals surface area contributed by atoms with Crippen LogP contribution in [0.25, 0.3) is 0 Å². The lowest BCUT2D eigenvalue weighted by atomic mass is 10.0. The Morgan fingerprint density at radius 1 is 1.14 bits per heavy atom. The second-order valence-electron chi connectivity index (χ2n) is 6.26. The number of carbonyl (C=O) groups is 2. The minimum absolute atomic E-state index is 0.0329. The summed E-state index contributed by atoms with van der Waals surface area (Å²) in [5.74, 6) is 0.141. The monoisotopic (exact) mass is 313 g/mol. The highest BCUT2D eigenvalue weighted by atomic mass is 16.2. The van der Waals surface area contributed by atoms with Gasteiger partial charge in [0.25, 0.3) is 0 Å². The topological polar surface area (TPSA) is 61.4 Å². The average molecular weight is 313 g/mol. The second kappa shape index (κ2) is 11.6. The highest BCUT2D eigenvalue weighted by Gasteiger charge is 2.24. The molecule has 1 amide bonds. The van der Waals surface area contributed by atoms with Gasteiger partial charge in [-0.25, -0.2) is 0 Å². The summed E-state index contributed by atoms with van der Waals surface area (Å²) in [6.07, 6.45) is 2.76. The van der Waals surface area contributed by atoms with Crippen LogP contribution in [0.5, 0.6) is 0 Å². The molecule has 2 N–H and O–H groups in total. The maximum absolute atomic E-state index is 12.3. The third kappa shape index (κ3) is 7.90. The van der Waals surface area contributed by atoms with Crippen LogP contribution in [-0.4, -0.2) is 55.4 Å². The summed E-state index contributed by atoms with van der Waals surface area (Å²) in [5.41, 5.74) is 0. The van der Waals surface area contributed by atoms with Crippen molar-refractivity contribution >= 4 is 11.7 Å².